The molecule has 0 fully saturated rings. The smallest absolute Gasteiger partial charge is 0.191 e. The molecule has 10 heteroatoms. The number of rotatable bonds is 7. The van der Waals surface area contributed by atoms with Crippen LogP contribution in [0.25, 0.3) is 0 Å². The second kappa shape index (κ2) is 10.3. The molecule has 0 saturated heterocycles. The average Bonchev–Trinajstić information content (AvgIpc) is 2.98. The number of aliphatic imine (C=N–C) groups is 1. The van der Waals surface area contributed by atoms with Crippen LogP contribution in [0.3, 0.4) is 0 Å². The number of halogens is 1. The van der Waals surface area contributed by atoms with E-state index < -0.39 is 9.84 Å². The quantitative estimate of drug-likeness (QED) is 0.350. The highest BCUT2D eigenvalue weighted by molar-refractivity contribution is 14.0. The molecule has 1 aromatic heterocycles. The van der Waals surface area contributed by atoms with E-state index in [0.29, 0.717) is 23.9 Å². The maximum atomic E-state index is 12.2. The van der Waals surface area contributed by atoms with E-state index in [1.165, 1.54) is 6.33 Å². The minimum atomic E-state index is -3.31. The fourth-order valence-electron chi connectivity index (χ4n) is 2.00. The Morgan fingerprint density at radius 1 is 1.24 bits per heavy atom. The molecule has 25 heavy (non-hydrogen) atoms. The SMILES string of the molecule is CCNC(=NCc1ncnn1C)NCCS(=O)(=O)c1ccccc1.I. The molecule has 2 rings (SSSR count). The van der Waals surface area contributed by atoms with Crippen LogP contribution in [0.15, 0.2) is 46.5 Å². The second-order valence-electron chi connectivity index (χ2n) is 5.05. The summed E-state index contributed by atoms with van der Waals surface area (Å²) in [6.45, 7) is 3.25. The van der Waals surface area contributed by atoms with Crippen molar-refractivity contribution in [3.05, 3.63) is 42.5 Å². The molecule has 0 saturated carbocycles. The highest BCUT2D eigenvalue weighted by Crippen LogP contribution is 2.09. The van der Waals surface area contributed by atoms with Gasteiger partial charge in [0.2, 0.25) is 0 Å². The lowest BCUT2D eigenvalue weighted by molar-refractivity contribution is 0.594. The first-order chi connectivity index (χ1) is 11.5. The Labute approximate surface area is 165 Å². The summed E-state index contributed by atoms with van der Waals surface area (Å²) in [5, 5.41) is 10.1. The number of sulfone groups is 1. The van der Waals surface area contributed by atoms with Crippen molar-refractivity contribution in [2.75, 3.05) is 18.8 Å². The highest BCUT2D eigenvalue weighted by atomic mass is 127. The fourth-order valence-corrected chi connectivity index (χ4v) is 3.18. The van der Waals surface area contributed by atoms with Crippen molar-refractivity contribution < 1.29 is 8.42 Å². The molecule has 1 heterocycles. The van der Waals surface area contributed by atoms with E-state index in [1.807, 2.05) is 6.92 Å². The van der Waals surface area contributed by atoms with Crippen molar-refractivity contribution in [3.63, 3.8) is 0 Å². The lowest BCUT2D eigenvalue weighted by Gasteiger charge is -2.11. The van der Waals surface area contributed by atoms with Crippen LogP contribution in [0.2, 0.25) is 0 Å². The van der Waals surface area contributed by atoms with Gasteiger partial charge in [0.1, 0.15) is 18.7 Å². The minimum absolute atomic E-state index is 0. The molecule has 0 atom stereocenters. The van der Waals surface area contributed by atoms with Gasteiger partial charge in [-0.25, -0.2) is 18.4 Å². The summed E-state index contributed by atoms with van der Waals surface area (Å²) >= 11 is 0. The van der Waals surface area contributed by atoms with Gasteiger partial charge >= 0.3 is 0 Å². The Bertz CT molecular complexity index is 776. The zero-order valence-electron chi connectivity index (χ0n) is 14.2. The standard InChI is InChI=1S/C15H22N6O2S.HI/c1-3-16-15(18-11-14-19-12-20-21(14)2)17-9-10-24(22,23)13-7-5-4-6-8-13;/h4-8,12H,3,9-11H2,1-2H3,(H2,16,17,18);1H. The first kappa shape index (κ1) is 21.4. The Balaban J connectivity index is 0.00000312. The van der Waals surface area contributed by atoms with Crippen LogP contribution in [0, 0.1) is 0 Å². The van der Waals surface area contributed by atoms with Gasteiger partial charge in [-0.3, -0.25) is 4.68 Å². The van der Waals surface area contributed by atoms with Crippen molar-refractivity contribution in [1.29, 1.82) is 0 Å². The molecular formula is C15H23IN6O2S. The molecule has 0 spiro atoms. The van der Waals surface area contributed by atoms with Crippen molar-refractivity contribution in [2.24, 2.45) is 12.0 Å². The average molecular weight is 478 g/mol. The monoisotopic (exact) mass is 478 g/mol. The third-order valence-electron chi connectivity index (χ3n) is 3.29. The number of nitrogens with one attached hydrogen (secondary N) is 2. The van der Waals surface area contributed by atoms with E-state index in [1.54, 1.807) is 42.1 Å². The zero-order valence-corrected chi connectivity index (χ0v) is 17.4. The molecule has 0 radical (unpaired) electrons. The van der Waals surface area contributed by atoms with Crippen LogP contribution < -0.4 is 10.6 Å². The van der Waals surface area contributed by atoms with E-state index >= 15 is 0 Å². The molecule has 0 aliphatic rings. The largest absolute Gasteiger partial charge is 0.357 e. The molecule has 0 bridgehead atoms. The van der Waals surface area contributed by atoms with Gasteiger partial charge in [-0.15, -0.1) is 24.0 Å². The molecule has 0 unspecified atom stereocenters. The van der Waals surface area contributed by atoms with Gasteiger partial charge in [0.05, 0.1) is 10.6 Å². The first-order valence-electron chi connectivity index (χ1n) is 7.66. The number of aromatic nitrogens is 3. The van der Waals surface area contributed by atoms with Crippen LogP contribution in [-0.4, -0.2) is 48.0 Å². The van der Waals surface area contributed by atoms with Crippen LogP contribution in [-0.2, 0) is 23.4 Å². The summed E-state index contributed by atoms with van der Waals surface area (Å²) < 4.78 is 26.1. The predicted octanol–water partition coefficient (Wildman–Crippen LogP) is 0.962. The van der Waals surface area contributed by atoms with E-state index in [9.17, 15) is 8.42 Å². The minimum Gasteiger partial charge on any atom is -0.357 e. The number of hydrogen-bond donors (Lipinski definition) is 2. The Morgan fingerprint density at radius 3 is 2.56 bits per heavy atom. The molecule has 2 N–H and O–H groups in total. The van der Waals surface area contributed by atoms with Gasteiger partial charge in [-0.05, 0) is 19.1 Å². The molecule has 0 amide bonds. The summed E-state index contributed by atoms with van der Waals surface area (Å²) in [5.41, 5.74) is 0. The van der Waals surface area contributed by atoms with Crippen molar-refractivity contribution in [2.45, 2.75) is 18.4 Å². The Kier molecular flexibility index (Phi) is 8.83. The van der Waals surface area contributed by atoms with Gasteiger partial charge in [-0.1, -0.05) is 18.2 Å². The van der Waals surface area contributed by atoms with Gasteiger partial charge < -0.3 is 10.6 Å². The van der Waals surface area contributed by atoms with Crippen molar-refractivity contribution >= 4 is 39.8 Å². The van der Waals surface area contributed by atoms with Crippen LogP contribution in [0.4, 0.5) is 0 Å². The van der Waals surface area contributed by atoms with Crippen LogP contribution >= 0.6 is 24.0 Å². The highest BCUT2D eigenvalue weighted by Gasteiger charge is 2.13. The summed E-state index contributed by atoms with van der Waals surface area (Å²) in [5.74, 6) is 1.26. The topological polar surface area (TPSA) is 101 Å². The predicted molar refractivity (Wildman–Crippen MR) is 108 cm³/mol. The van der Waals surface area contributed by atoms with Crippen LogP contribution in [0.5, 0.6) is 0 Å². The molecule has 8 nitrogen and oxygen atoms in total. The van der Waals surface area contributed by atoms with Gasteiger partial charge in [0.25, 0.3) is 0 Å². The maximum Gasteiger partial charge on any atom is 0.191 e. The Morgan fingerprint density at radius 2 is 1.96 bits per heavy atom. The van der Waals surface area contributed by atoms with Crippen molar-refractivity contribution in [1.82, 2.24) is 25.4 Å². The van der Waals surface area contributed by atoms with Gasteiger partial charge in [0.15, 0.2) is 15.8 Å². The Hall–Kier alpha value is -1.69. The summed E-state index contributed by atoms with van der Waals surface area (Å²) in [7, 11) is -1.51. The van der Waals surface area contributed by atoms with E-state index in [2.05, 4.69) is 25.7 Å². The normalized spacial score (nSPS) is 11.7. The summed E-state index contributed by atoms with van der Waals surface area (Å²) in [6.07, 6.45) is 1.47. The van der Waals surface area contributed by atoms with Crippen LogP contribution in [0.1, 0.15) is 12.7 Å². The molecule has 138 valence electrons. The van der Waals surface area contributed by atoms with Gasteiger partial charge in [-0.2, -0.15) is 5.10 Å². The lowest BCUT2D eigenvalue weighted by Crippen LogP contribution is -2.39. The van der Waals surface area contributed by atoms with E-state index in [0.717, 1.165) is 5.82 Å². The third-order valence-corrected chi connectivity index (χ3v) is 5.03. The van der Waals surface area contributed by atoms with E-state index in [4.69, 9.17) is 0 Å². The fraction of sp³-hybridized carbons (Fsp3) is 0.400. The lowest BCUT2D eigenvalue weighted by atomic mass is 10.4. The summed E-state index contributed by atoms with van der Waals surface area (Å²) in [6, 6.07) is 8.42. The number of hydrogen-bond acceptors (Lipinski definition) is 5. The number of aryl methyl sites for hydroxylation is 1. The zero-order chi connectivity index (χ0) is 17.4. The number of guanidine groups is 1. The first-order valence-corrected chi connectivity index (χ1v) is 9.31. The maximum absolute atomic E-state index is 12.2. The summed E-state index contributed by atoms with van der Waals surface area (Å²) in [4.78, 5) is 8.81. The third kappa shape index (κ3) is 6.61. The molecule has 1 aromatic carbocycles. The van der Waals surface area contributed by atoms with Crippen molar-refractivity contribution in [3.8, 4) is 0 Å². The second-order valence-corrected chi connectivity index (χ2v) is 7.16. The molecular weight excluding hydrogens is 455 g/mol. The van der Waals surface area contributed by atoms with Gasteiger partial charge in [0, 0.05) is 20.1 Å². The molecule has 0 aliphatic heterocycles. The molecule has 0 aliphatic carbocycles. The van der Waals surface area contributed by atoms with E-state index in [-0.39, 0.29) is 36.3 Å². The number of nitrogens with zero attached hydrogens (tertiary/aromatic N) is 4. The molecule has 2 aromatic rings. The number of benzene rings is 1.